The number of urea groups is 1. The van der Waals surface area contributed by atoms with E-state index in [1.807, 2.05) is 34.6 Å². The number of hydrogen-bond donors (Lipinski definition) is 3. The summed E-state index contributed by atoms with van der Waals surface area (Å²) in [6, 6.07) is -0.143. The van der Waals surface area contributed by atoms with Crippen molar-refractivity contribution in [1.82, 2.24) is 10.6 Å². The van der Waals surface area contributed by atoms with Crippen molar-refractivity contribution in [1.29, 1.82) is 0 Å². The van der Waals surface area contributed by atoms with Crippen molar-refractivity contribution in [2.45, 2.75) is 66.0 Å². The molecule has 0 spiro atoms. The largest absolute Gasteiger partial charge is 0.393 e. The number of rotatable bonds is 6. The third kappa shape index (κ3) is 8.02. The Morgan fingerprint density at radius 1 is 1.29 bits per heavy atom. The first-order chi connectivity index (χ1) is 7.58. The van der Waals surface area contributed by atoms with Gasteiger partial charge in [0.1, 0.15) is 0 Å². The highest BCUT2D eigenvalue weighted by molar-refractivity contribution is 5.74. The van der Waals surface area contributed by atoms with Crippen LogP contribution in [0.15, 0.2) is 0 Å². The summed E-state index contributed by atoms with van der Waals surface area (Å²) in [7, 11) is 0. The van der Waals surface area contributed by atoms with E-state index in [0.717, 1.165) is 6.42 Å². The van der Waals surface area contributed by atoms with Crippen molar-refractivity contribution in [3.05, 3.63) is 0 Å². The average Bonchev–Trinajstić information content (AvgIpc) is 2.12. The normalized spacial score (nSPS) is 14.3. The van der Waals surface area contributed by atoms with Gasteiger partial charge in [-0.05, 0) is 39.0 Å². The van der Waals surface area contributed by atoms with E-state index in [0.29, 0.717) is 13.0 Å². The molecule has 1 unspecified atom stereocenters. The fourth-order valence-electron chi connectivity index (χ4n) is 1.63. The van der Waals surface area contributed by atoms with Crippen molar-refractivity contribution in [2.24, 2.45) is 5.41 Å². The number of carbonyl (C=O) groups excluding carboxylic acids is 1. The highest BCUT2D eigenvalue weighted by Gasteiger charge is 2.23. The maximum absolute atomic E-state index is 11.7. The third-order valence-electron chi connectivity index (χ3n) is 2.91. The molecule has 0 heterocycles. The lowest BCUT2D eigenvalue weighted by molar-refractivity contribution is 0.128. The predicted octanol–water partition coefficient (Wildman–Crippen LogP) is 2.27. The summed E-state index contributed by atoms with van der Waals surface area (Å²) in [6.07, 6.45) is 1.21. The van der Waals surface area contributed by atoms with E-state index in [2.05, 4.69) is 10.6 Å². The molecule has 3 N–H and O–H groups in total. The van der Waals surface area contributed by atoms with Crippen LogP contribution >= 0.6 is 0 Å². The van der Waals surface area contributed by atoms with E-state index in [1.54, 1.807) is 6.92 Å². The molecule has 17 heavy (non-hydrogen) atoms. The number of aliphatic hydroxyl groups excluding tert-OH is 1. The Hall–Kier alpha value is -0.770. The molecule has 0 saturated heterocycles. The zero-order valence-electron chi connectivity index (χ0n) is 12.1. The Kier molecular flexibility index (Phi) is 5.96. The molecule has 2 amide bonds. The molecule has 0 aromatic heterocycles. The lowest BCUT2D eigenvalue weighted by Gasteiger charge is -2.29. The van der Waals surface area contributed by atoms with Gasteiger partial charge in [-0.1, -0.05) is 20.8 Å². The van der Waals surface area contributed by atoms with Crippen molar-refractivity contribution < 1.29 is 9.90 Å². The summed E-state index contributed by atoms with van der Waals surface area (Å²) in [4.78, 5) is 11.7. The maximum Gasteiger partial charge on any atom is 0.315 e. The smallest absolute Gasteiger partial charge is 0.315 e. The molecular formula is C13H28N2O2. The minimum absolute atomic E-state index is 0.0954. The Labute approximate surface area is 105 Å². The zero-order chi connectivity index (χ0) is 13.7. The number of nitrogens with one attached hydrogen (secondary N) is 2. The first-order valence-electron chi connectivity index (χ1n) is 6.32. The first-order valence-corrected chi connectivity index (χ1v) is 6.32. The van der Waals surface area contributed by atoms with Crippen LogP contribution in [0.4, 0.5) is 4.79 Å². The van der Waals surface area contributed by atoms with Gasteiger partial charge in [-0.25, -0.2) is 4.79 Å². The molecule has 0 radical (unpaired) electrons. The lowest BCUT2D eigenvalue weighted by Crippen LogP contribution is -2.49. The molecule has 0 aromatic rings. The molecule has 102 valence electrons. The molecule has 0 rings (SSSR count). The van der Waals surface area contributed by atoms with Crippen LogP contribution in [0.2, 0.25) is 0 Å². The summed E-state index contributed by atoms with van der Waals surface area (Å²) in [5, 5.41) is 15.1. The van der Waals surface area contributed by atoms with E-state index >= 15 is 0 Å². The minimum atomic E-state index is -0.345. The monoisotopic (exact) mass is 244 g/mol. The van der Waals surface area contributed by atoms with Crippen LogP contribution in [0.5, 0.6) is 0 Å². The second-order valence-electron chi connectivity index (χ2n) is 6.26. The van der Waals surface area contributed by atoms with Crippen LogP contribution in [-0.4, -0.2) is 29.3 Å². The Morgan fingerprint density at radius 3 is 2.24 bits per heavy atom. The van der Waals surface area contributed by atoms with Crippen molar-refractivity contribution in [3.63, 3.8) is 0 Å². The van der Waals surface area contributed by atoms with Gasteiger partial charge in [-0.2, -0.15) is 0 Å². The van der Waals surface area contributed by atoms with Gasteiger partial charge >= 0.3 is 6.03 Å². The fraction of sp³-hybridized carbons (Fsp3) is 0.923. The van der Waals surface area contributed by atoms with Crippen molar-refractivity contribution in [2.75, 3.05) is 6.54 Å². The Balaban J connectivity index is 4.07. The lowest BCUT2D eigenvalue weighted by atomic mass is 9.87. The van der Waals surface area contributed by atoms with Gasteiger partial charge in [0.2, 0.25) is 0 Å². The molecule has 0 aliphatic rings. The van der Waals surface area contributed by atoms with Crippen LogP contribution in [0.1, 0.15) is 54.4 Å². The van der Waals surface area contributed by atoms with Crippen molar-refractivity contribution in [3.8, 4) is 0 Å². The average molecular weight is 244 g/mol. The van der Waals surface area contributed by atoms with Gasteiger partial charge in [-0.3, -0.25) is 0 Å². The summed E-state index contributed by atoms with van der Waals surface area (Å²) >= 11 is 0. The quantitative estimate of drug-likeness (QED) is 0.671. The van der Waals surface area contributed by atoms with Gasteiger partial charge < -0.3 is 15.7 Å². The van der Waals surface area contributed by atoms with Gasteiger partial charge in [0.25, 0.3) is 0 Å². The van der Waals surface area contributed by atoms with E-state index in [-0.39, 0.29) is 23.1 Å². The number of hydrogen-bond acceptors (Lipinski definition) is 2. The van der Waals surface area contributed by atoms with E-state index < -0.39 is 0 Å². The minimum Gasteiger partial charge on any atom is -0.393 e. The van der Waals surface area contributed by atoms with Crippen LogP contribution in [-0.2, 0) is 0 Å². The van der Waals surface area contributed by atoms with Crippen LogP contribution in [0.25, 0.3) is 0 Å². The number of aliphatic hydroxyl groups is 1. The third-order valence-corrected chi connectivity index (χ3v) is 2.91. The second kappa shape index (κ2) is 6.24. The predicted molar refractivity (Wildman–Crippen MR) is 71.0 cm³/mol. The first kappa shape index (κ1) is 16.2. The molecule has 1 atom stereocenters. The summed E-state index contributed by atoms with van der Waals surface area (Å²) < 4.78 is 0. The standard InChI is InChI=1S/C13H28N2O2/c1-7-13(5,6)15-11(17)14-9-12(3,4)8-10(2)16/h10,16H,7-9H2,1-6H3,(H2,14,15,17). The summed E-state index contributed by atoms with van der Waals surface area (Å²) in [5.74, 6) is 0. The molecular weight excluding hydrogens is 216 g/mol. The highest BCUT2D eigenvalue weighted by Crippen LogP contribution is 2.21. The molecule has 0 bridgehead atoms. The molecule has 4 heteroatoms. The van der Waals surface area contributed by atoms with Crippen molar-refractivity contribution >= 4 is 6.03 Å². The van der Waals surface area contributed by atoms with Gasteiger partial charge in [0.05, 0.1) is 6.10 Å². The van der Waals surface area contributed by atoms with Crippen LogP contribution in [0.3, 0.4) is 0 Å². The summed E-state index contributed by atoms with van der Waals surface area (Å²) in [5.41, 5.74) is -0.277. The zero-order valence-corrected chi connectivity index (χ0v) is 12.1. The highest BCUT2D eigenvalue weighted by atomic mass is 16.3. The van der Waals surface area contributed by atoms with Crippen LogP contribution < -0.4 is 10.6 Å². The molecule has 0 aliphatic carbocycles. The molecule has 0 saturated carbocycles. The fourth-order valence-corrected chi connectivity index (χ4v) is 1.63. The second-order valence-corrected chi connectivity index (χ2v) is 6.26. The Bertz CT molecular complexity index is 248. The van der Waals surface area contributed by atoms with E-state index in [9.17, 15) is 9.90 Å². The SMILES string of the molecule is CCC(C)(C)NC(=O)NCC(C)(C)CC(C)O. The maximum atomic E-state index is 11.7. The number of carbonyl (C=O) groups is 1. The molecule has 0 fully saturated rings. The van der Waals surface area contributed by atoms with Gasteiger partial charge in [0, 0.05) is 12.1 Å². The molecule has 4 nitrogen and oxygen atoms in total. The topological polar surface area (TPSA) is 61.4 Å². The van der Waals surface area contributed by atoms with Gasteiger partial charge in [0.15, 0.2) is 0 Å². The molecule has 0 aromatic carbocycles. The van der Waals surface area contributed by atoms with E-state index in [4.69, 9.17) is 0 Å². The van der Waals surface area contributed by atoms with Crippen LogP contribution in [0, 0.1) is 5.41 Å². The number of amides is 2. The van der Waals surface area contributed by atoms with E-state index in [1.165, 1.54) is 0 Å². The Morgan fingerprint density at radius 2 is 1.82 bits per heavy atom. The van der Waals surface area contributed by atoms with Gasteiger partial charge in [-0.15, -0.1) is 0 Å². The molecule has 0 aliphatic heterocycles. The summed E-state index contributed by atoms with van der Waals surface area (Å²) in [6.45, 7) is 12.4.